The average molecular weight is 340 g/mol. The van der Waals surface area contributed by atoms with E-state index in [1.807, 2.05) is 6.07 Å². The second-order valence-corrected chi connectivity index (χ2v) is 5.01. The molecule has 128 valence electrons. The maximum atomic E-state index is 11.7. The molecule has 2 rings (SSSR count). The summed E-state index contributed by atoms with van der Waals surface area (Å²) in [6.45, 7) is 0.692. The predicted molar refractivity (Wildman–Crippen MR) is 91.2 cm³/mol. The zero-order valence-electron chi connectivity index (χ0n) is 13.3. The molecule has 0 radical (unpaired) electrons. The summed E-state index contributed by atoms with van der Waals surface area (Å²) in [6, 6.07) is 14.6. The second-order valence-electron chi connectivity index (χ2n) is 5.01. The van der Waals surface area contributed by atoms with Crippen molar-refractivity contribution in [1.82, 2.24) is 5.32 Å². The zero-order chi connectivity index (χ0) is 18.1. The van der Waals surface area contributed by atoms with Crippen molar-refractivity contribution in [2.45, 2.75) is 0 Å². The monoisotopic (exact) mass is 340 g/mol. The molecule has 8 heteroatoms. The third-order valence-electron chi connectivity index (χ3n) is 3.19. The molecule has 0 spiro atoms. The Bertz CT molecular complexity index is 784. The van der Waals surface area contributed by atoms with E-state index < -0.39 is 4.92 Å². The molecule has 0 aliphatic rings. The van der Waals surface area contributed by atoms with Gasteiger partial charge in [0.05, 0.1) is 16.6 Å². The van der Waals surface area contributed by atoms with Crippen LogP contribution in [0.15, 0.2) is 48.5 Å². The highest BCUT2D eigenvalue weighted by atomic mass is 16.6. The summed E-state index contributed by atoms with van der Waals surface area (Å²) in [5.41, 5.74) is 1.21. The minimum atomic E-state index is -0.462. The van der Waals surface area contributed by atoms with E-state index in [9.17, 15) is 14.9 Å². The van der Waals surface area contributed by atoms with Crippen LogP contribution in [-0.4, -0.2) is 30.5 Å². The van der Waals surface area contributed by atoms with Crippen LogP contribution in [0.4, 0.5) is 11.4 Å². The molecule has 0 atom stereocenters. The fourth-order valence-electron chi connectivity index (χ4n) is 1.97. The lowest BCUT2D eigenvalue weighted by Crippen LogP contribution is -2.32. The molecular formula is C17H16N4O4. The molecule has 2 aromatic carbocycles. The lowest BCUT2D eigenvalue weighted by Gasteiger charge is -2.09. The number of nitro benzene ring substituents is 1. The Kier molecular flexibility index (Phi) is 6.31. The van der Waals surface area contributed by atoms with Crippen LogP contribution < -0.4 is 15.4 Å². The molecule has 2 aromatic rings. The first-order valence-electron chi connectivity index (χ1n) is 7.46. The van der Waals surface area contributed by atoms with Crippen molar-refractivity contribution >= 4 is 17.3 Å². The Morgan fingerprint density at radius 1 is 1.20 bits per heavy atom. The van der Waals surface area contributed by atoms with Crippen molar-refractivity contribution in [1.29, 1.82) is 5.26 Å². The van der Waals surface area contributed by atoms with Gasteiger partial charge in [-0.1, -0.05) is 6.07 Å². The van der Waals surface area contributed by atoms with Crippen molar-refractivity contribution in [3.8, 4) is 11.8 Å². The zero-order valence-corrected chi connectivity index (χ0v) is 13.3. The number of nitro groups is 1. The summed E-state index contributed by atoms with van der Waals surface area (Å²) >= 11 is 0. The van der Waals surface area contributed by atoms with Crippen molar-refractivity contribution in [2.24, 2.45) is 0 Å². The molecule has 0 aliphatic heterocycles. The highest BCUT2D eigenvalue weighted by Gasteiger charge is 2.05. The number of ether oxygens (including phenoxy) is 1. The van der Waals surface area contributed by atoms with Crippen LogP contribution in [-0.2, 0) is 4.79 Å². The Morgan fingerprint density at radius 3 is 2.64 bits per heavy atom. The molecule has 2 N–H and O–H groups in total. The summed E-state index contributed by atoms with van der Waals surface area (Å²) in [7, 11) is 0. The molecule has 0 aliphatic carbocycles. The van der Waals surface area contributed by atoms with Crippen LogP contribution >= 0.6 is 0 Å². The van der Waals surface area contributed by atoms with E-state index in [-0.39, 0.29) is 18.2 Å². The van der Waals surface area contributed by atoms with Gasteiger partial charge in [0.1, 0.15) is 5.75 Å². The molecule has 8 nitrogen and oxygen atoms in total. The van der Waals surface area contributed by atoms with Crippen molar-refractivity contribution in [2.75, 3.05) is 25.0 Å². The largest absolute Gasteiger partial charge is 0.484 e. The third kappa shape index (κ3) is 5.84. The molecular weight excluding hydrogens is 324 g/mol. The summed E-state index contributed by atoms with van der Waals surface area (Å²) in [5.74, 6) is 0.172. The smallest absolute Gasteiger partial charge is 0.269 e. The summed E-state index contributed by atoms with van der Waals surface area (Å²) in [6.07, 6.45) is 0. The highest BCUT2D eigenvalue weighted by Crippen LogP contribution is 2.15. The minimum absolute atomic E-state index is 0.0245. The van der Waals surface area contributed by atoms with Crippen LogP contribution in [0.1, 0.15) is 5.56 Å². The average Bonchev–Trinajstić information content (AvgIpc) is 2.64. The number of hydrogen-bond acceptors (Lipinski definition) is 6. The van der Waals surface area contributed by atoms with Crippen LogP contribution in [0, 0.1) is 21.4 Å². The number of hydrogen-bond donors (Lipinski definition) is 2. The quantitative estimate of drug-likeness (QED) is 0.431. The Morgan fingerprint density at radius 2 is 1.96 bits per heavy atom. The van der Waals surface area contributed by atoms with E-state index in [4.69, 9.17) is 10.00 Å². The SMILES string of the molecule is N#Cc1cccc(OCC(=O)NCCNc2ccc([N+](=O)[O-])cc2)c1. The number of anilines is 1. The van der Waals surface area contributed by atoms with Gasteiger partial charge in [-0.05, 0) is 30.3 Å². The molecule has 0 saturated heterocycles. The van der Waals surface area contributed by atoms with E-state index in [0.717, 1.165) is 5.69 Å². The first-order chi connectivity index (χ1) is 12.1. The van der Waals surface area contributed by atoms with E-state index in [2.05, 4.69) is 10.6 Å². The number of carbonyl (C=O) groups excluding carboxylic acids is 1. The normalized spacial score (nSPS) is 9.72. The van der Waals surface area contributed by atoms with Gasteiger partial charge in [-0.25, -0.2) is 0 Å². The molecule has 0 heterocycles. The predicted octanol–water partition coefficient (Wildman–Crippen LogP) is 2.07. The number of nitrogens with one attached hydrogen (secondary N) is 2. The van der Waals surface area contributed by atoms with Crippen molar-refractivity contribution in [3.63, 3.8) is 0 Å². The van der Waals surface area contributed by atoms with Crippen LogP contribution in [0.3, 0.4) is 0 Å². The summed E-state index contributed by atoms with van der Waals surface area (Å²) < 4.78 is 5.31. The Balaban J connectivity index is 1.66. The Hall–Kier alpha value is -3.60. The lowest BCUT2D eigenvalue weighted by molar-refractivity contribution is -0.384. The number of carbonyl (C=O) groups is 1. The summed E-state index contributed by atoms with van der Waals surface area (Å²) in [4.78, 5) is 21.8. The topological polar surface area (TPSA) is 117 Å². The van der Waals surface area contributed by atoms with Crippen molar-refractivity contribution < 1.29 is 14.5 Å². The molecule has 0 saturated carbocycles. The minimum Gasteiger partial charge on any atom is -0.484 e. The van der Waals surface area contributed by atoms with E-state index in [1.165, 1.54) is 12.1 Å². The first kappa shape index (κ1) is 17.7. The van der Waals surface area contributed by atoms with Crippen LogP contribution in [0.2, 0.25) is 0 Å². The van der Waals surface area contributed by atoms with Gasteiger partial charge in [-0.15, -0.1) is 0 Å². The number of amides is 1. The molecule has 1 amide bonds. The Labute approximate surface area is 144 Å². The number of rotatable bonds is 8. The van der Waals surface area contributed by atoms with Crippen LogP contribution in [0.5, 0.6) is 5.75 Å². The number of nitrogens with zero attached hydrogens (tertiary/aromatic N) is 2. The van der Waals surface area contributed by atoms with Gasteiger partial charge in [-0.3, -0.25) is 14.9 Å². The fraction of sp³-hybridized carbons (Fsp3) is 0.176. The van der Waals surface area contributed by atoms with E-state index >= 15 is 0 Å². The van der Waals surface area contributed by atoms with E-state index in [0.29, 0.717) is 24.4 Å². The van der Waals surface area contributed by atoms with Crippen LogP contribution in [0.25, 0.3) is 0 Å². The van der Waals surface area contributed by atoms with Gasteiger partial charge in [-0.2, -0.15) is 5.26 Å². The number of non-ortho nitro benzene ring substituents is 1. The molecule has 0 aromatic heterocycles. The van der Waals surface area contributed by atoms with Crippen molar-refractivity contribution in [3.05, 3.63) is 64.2 Å². The first-order valence-corrected chi connectivity index (χ1v) is 7.46. The third-order valence-corrected chi connectivity index (χ3v) is 3.19. The molecule has 0 unspecified atom stereocenters. The van der Waals surface area contributed by atoms with Gasteiger partial charge >= 0.3 is 0 Å². The van der Waals surface area contributed by atoms with E-state index in [1.54, 1.807) is 36.4 Å². The van der Waals surface area contributed by atoms with Gasteiger partial charge < -0.3 is 15.4 Å². The fourth-order valence-corrected chi connectivity index (χ4v) is 1.97. The van der Waals surface area contributed by atoms with Gasteiger partial charge in [0.25, 0.3) is 11.6 Å². The maximum absolute atomic E-state index is 11.7. The highest BCUT2D eigenvalue weighted by molar-refractivity contribution is 5.77. The number of nitriles is 1. The standard InChI is InChI=1S/C17H16N4O4/c18-11-13-2-1-3-16(10-13)25-12-17(22)20-9-8-19-14-4-6-15(7-5-14)21(23)24/h1-7,10,19H,8-9,12H2,(H,20,22). The van der Waals surface area contributed by atoms with Gasteiger partial charge in [0, 0.05) is 30.9 Å². The molecule has 25 heavy (non-hydrogen) atoms. The molecule has 0 bridgehead atoms. The second kappa shape index (κ2) is 8.88. The lowest BCUT2D eigenvalue weighted by atomic mass is 10.2. The summed E-state index contributed by atoms with van der Waals surface area (Å²) in [5, 5.41) is 25.1. The van der Waals surface area contributed by atoms with Gasteiger partial charge in [0.15, 0.2) is 6.61 Å². The van der Waals surface area contributed by atoms with Gasteiger partial charge in [0.2, 0.25) is 0 Å². The maximum Gasteiger partial charge on any atom is 0.269 e. The number of benzene rings is 2. The molecule has 0 fully saturated rings.